The SMILES string of the molecule is C=C(CCC)c1cccc(Nc2ccc(C(=O)Nc3ccc(C4(C)CC5(C)CC(C)CC(C)(C5)C4)cc3)cc2)n1. The van der Waals surface area contributed by atoms with Crippen LogP contribution in [0.1, 0.15) is 101 Å². The molecule has 0 aliphatic heterocycles. The molecule has 2 unspecified atom stereocenters. The predicted octanol–water partition coefficient (Wildman–Crippen LogP) is 9.77. The summed E-state index contributed by atoms with van der Waals surface area (Å²) in [5.41, 5.74) is 6.67. The quantitative estimate of drug-likeness (QED) is 0.302. The van der Waals surface area contributed by atoms with Crippen LogP contribution in [0.4, 0.5) is 17.2 Å². The molecule has 2 aliphatic rings. The van der Waals surface area contributed by atoms with Gasteiger partial charge in [-0.05, 0) is 120 Å². The molecule has 3 aromatic rings. The van der Waals surface area contributed by atoms with Gasteiger partial charge in [-0.1, -0.05) is 65.8 Å². The summed E-state index contributed by atoms with van der Waals surface area (Å²) in [7, 11) is 0. The molecule has 210 valence electrons. The Hall–Kier alpha value is -3.40. The summed E-state index contributed by atoms with van der Waals surface area (Å²) in [6.45, 7) is 16.2. The number of nitrogens with zero attached hydrogens (tertiary/aromatic N) is 1. The van der Waals surface area contributed by atoms with E-state index < -0.39 is 0 Å². The Bertz CT molecular complexity index is 1360. The molecule has 0 radical (unpaired) electrons. The van der Waals surface area contributed by atoms with Gasteiger partial charge in [0.15, 0.2) is 0 Å². The van der Waals surface area contributed by atoms with Gasteiger partial charge in [-0.2, -0.15) is 0 Å². The van der Waals surface area contributed by atoms with Crippen LogP contribution in [0.25, 0.3) is 5.57 Å². The molecule has 2 atom stereocenters. The number of allylic oxidation sites excluding steroid dienone is 1. The highest BCUT2D eigenvalue weighted by Crippen LogP contribution is 2.62. The summed E-state index contributed by atoms with van der Waals surface area (Å²) in [4.78, 5) is 17.7. The number of fused-ring (bicyclic) bond motifs is 2. The third kappa shape index (κ3) is 6.16. The molecule has 4 nitrogen and oxygen atoms in total. The number of carbonyl (C=O) groups is 1. The van der Waals surface area contributed by atoms with Crippen molar-refractivity contribution in [1.82, 2.24) is 4.98 Å². The van der Waals surface area contributed by atoms with Gasteiger partial charge in [0.2, 0.25) is 0 Å². The molecule has 2 saturated carbocycles. The minimum absolute atomic E-state index is 0.109. The lowest BCUT2D eigenvalue weighted by molar-refractivity contribution is -0.0413. The number of pyridine rings is 1. The Balaban J connectivity index is 1.22. The third-order valence-electron chi connectivity index (χ3n) is 9.09. The van der Waals surface area contributed by atoms with Crippen LogP contribution in [-0.4, -0.2) is 10.9 Å². The van der Waals surface area contributed by atoms with Crippen LogP contribution in [-0.2, 0) is 5.41 Å². The van der Waals surface area contributed by atoms with Gasteiger partial charge in [0.05, 0.1) is 5.69 Å². The van der Waals surface area contributed by atoms with E-state index in [1.54, 1.807) is 0 Å². The molecule has 1 aromatic heterocycles. The van der Waals surface area contributed by atoms with Gasteiger partial charge in [0.25, 0.3) is 5.91 Å². The maximum atomic E-state index is 13.0. The van der Waals surface area contributed by atoms with E-state index in [9.17, 15) is 4.79 Å². The van der Waals surface area contributed by atoms with Crippen LogP contribution in [0.3, 0.4) is 0 Å². The van der Waals surface area contributed by atoms with Gasteiger partial charge in [-0.25, -0.2) is 4.98 Å². The zero-order chi connectivity index (χ0) is 28.5. The molecule has 4 heteroatoms. The smallest absolute Gasteiger partial charge is 0.255 e. The molecule has 2 aromatic carbocycles. The number of rotatable bonds is 8. The number of nitrogens with one attached hydrogen (secondary N) is 2. The summed E-state index contributed by atoms with van der Waals surface area (Å²) in [5.74, 6) is 1.47. The van der Waals surface area contributed by atoms with Crippen LogP contribution in [0.2, 0.25) is 0 Å². The van der Waals surface area contributed by atoms with Crippen molar-refractivity contribution in [2.24, 2.45) is 16.7 Å². The summed E-state index contributed by atoms with van der Waals surface area (Å²) < 4.78 is 0. The van der Waals surface area contributed by atoms with Crippen LogP contribution in [0.15, 0.2) is 73.3 Å². The molecule has 5 rings (SSSR count). The first-order chi connectivity index (χ1) is 19.0. The minimum atomic E-state index is -0.109. The fourth-order valence-corrected chi connectivity index (χ4v) is 8.49. The third-order valence-corrected chi connectivity index (χ3v) is 9.09. The lowest BCUT2D eigenvalue weighted by atomic mass is 9.47. The second kappa shape index (κ2) is 10.9. The average molecular weight is 536 g/mol. The molecule has 2 N–H and O–H groups in total. The largest absolute Gasteiger partial charge is 0.340 e. The van der Waals surface area contributed by atoms with Crippen molar-refractivity contribution in [2.75, 3.05) is 10.6 Å². The summed E-state index contributed by atoms with van der Waals surface area (Å²) in [6.07, 6.45) is 8.46. The van der Waals surface area contributed by atoms with E-state index in [4.69, 9.17) is 0 Å². The lowest BCUT2D eigenvalue weighted by Crippen LogP contribution is -2.49. The highest BCUT2D eigenvalue weighted by atomic mass is 16.1. The van der Waals surface area contributed by atoms with Gasteiger partial charge in [-0.3, -0.25) is 4.79 Å². The van der Waals surface area contributed by atoms with Crippen LogP contribution < -0.4 is 10.6 Å². The first-order valence-corrected chi connectivity index (χ1v) is 14.9. The van der Waals surface area contributed by atoms with Crippen LogP contribution >= 0.6 is 0 Å². The zero-order valence-electron chi connectivity index (χ0n) is 24.9. The van der Waals surface area contributed by atoms with Crippen molar-refractivity contribution in [3.63, 3.8) is 0 Å². The fourth-order valence-electron chi connectivity index (χ4n) is 8.49. The van der Waals surface area contributed by atoms with Crippen LogP contribution in [0, 0.1) is 16.7 Å². The van der Waals surface area contributed by atoms with Gasteiger partial charge >= 0.3 is 0 Å². The molecule has 40 heavy (non-hydrogen) atoms. The number of anilines is 3. The van der Waals surface area contributed by atoms with Crippen molar-refractivity contribution in [3.8, 4) is 0 Å². The highest BCUT2D eigenvalue weighted by molar-refractivity contribution is 6.04. The van der Waals surface area contributed by atoms with Gasteiger partial charge < -0.3 is 10.6 Å². The molecule has 2 aliphatic carbocycles. The maximum absolute atomic E-state index is 13.0. The standard InChI is InChI=1S/C36H45N3O/c1-7-9-26(3)31-10-8-11-32(39-31)37-29-16-12-27(13-17-29)33(40)38-30-18-14-28(15-19-30)36(6)23-34(4)20-25(2)21-35(5,22-34)24-36/h8,10-19,25H,3,7,9,20-24H2,1-2,4-6H3,(H,37,39)(H,38,40). The van der Waals surface area contributed by atoms with Gasteiger partial charge in [-0.15, -0.1) is 0 Å². The van der Waals surface area contributed by atoms with Crippen molar-refractivity contribution in [1.29, 1.82) is 0 Å². The molecule has 2 bridgehead atoms. The van der Waals surface area contributed by atoms with E-state index in [-0.39, 0.29) is 11.3 Å². The van der Waals surface area contributed by atoms with Gasteiger partial charge in [0.1, 0.15) is 5.82 Å². The Morgan fingerprint density at radius 1 is 0.900 bits per heavy atom. The topological polar surface area (TPSA) is 54.0 Å². The Kier molecular flexibility index (Phi) is 7.65. The number of benzene rings is 2. The van der Waals surface area contributed by atoms with Crippen molar-refractivity contribution >= 4 is 28.7 Å². The molecule has 0 saturated heterocycles. The molecule has 2 fully saturated rings. The number of aromatic nitrogens is 1. The lowest BCUT2D eigenvalue weighted by Gasteiger charge is -2.58. The molecule has 1 heterocycles. The van der Waals surface area contributed by atoms with E-state index in [0.29, 0.717) is 16.4 Å². The van der Waals surface area contributed by atoms with E-state index in [0.717, 1.165) is 47.2 Å². The Morgan fingerprint density at radius 2 is 1.52 bits per heavy atom. The van der Waals surface area contributed by atoms with Crippen LogP contribution in [0.5, 0.6) is 0 Å². The summed E-state index contributed by atoms with van der Waals surface area (Å²) >= 11 is 0. The van der Waals surface area contributed by atoms with Crippen molar-refractivity contribution in [3.05, 3.63) is 90.1 Å². The normalized spacial score (nSPS) is 27.6. The van der Waals surface area contributed by atoms with Crippen molar-refractivity contribution in [2.45, 2.75) is 85.0 Å². The van der Waals surface area contributed by atoms with E-state index in [1.807, 2.05) is 42.5 Å². The first kappa shape index (κ1) is 28.1. The monoisotopic (exact) mass is 535 g/mol. The molecule has 0 spiro atoms. The van der Waals surface area contributed by atoms with Gasteiger partial charge in [0, 0.05) is 16.9 Å². The Morgan fingerprint density at radius 3 is 2.15 bits per heavy atom. The fraction of sp³-hybridized carbons (Fsp3) is 0.444. The second-order valence-electron chi connectivity index (χ2n) is 13.7. The summed E-state index contributed by atoms with van der Waals surface area (Å²) in [6, 6.07) is 22.0. The Labute approximate surface area is 240 Å². The molecule has 1 amide bonds. The minimum Gasteiger partial charge on any atom is -0.340 e. The zero-order valence-corrected chi connectivity index (χ0v) is 24.9. The number of amides is 1. The number of carbonyl (C=O) groups excluding carboxylic acids is 1. The summed E-state index contributed by atoms with van der Waals surface area (Å²) in [5, 5.41) is 6.42. The highest BCUT2D eigenvalue weighted by Gasteiger charge is 2.52. The average Bonchev–Trinajstić information content (AvgIpc) is 2.87. The number of hydrogen-bond donors (Lipinski definition) is 2. The van der Waals surface area contributed by atoms with Crippen molar-refractivity contribution < 1.29 is 4.79 Å². The number of hydrogen-bond acceptors (Lipinski definition) is 3. The molecular formula is C36H45N3O. The van der Waals surface area contributed by atoms with E-state index in [2.05, 4.69) is 81.1 Å². The van der Waals surface area contributed by atoms with E-state index in [1.165, 1.54) is 37.7 Å². The second-order valence-corrected chi connectivity index (χ2v) is 13.7. The van der Waals surface area contributed by atoms with E-state index >= 15 is 0 Å². The first-order valence-electron chi connectivity index (χ1n) is 14.9. The maximum Gasteiger partial charge on any atom is 0.255 e. The molecular weight excluding hydrogens is 490 g/mol. The predicted molar refractivity (Wildman–Crippen MR) is 168 cm³/mol.